The number of hydrogen-bond donors (Lipinski definition) is 1. The van der Waals surface area contributed by atoms with Gasteiger partial charge in [-0.1, -0.05) is 6.58 Å². The molecule has 2 nitrogen and oxygen atoms in total. The summed E-state index contributed by atoms with van der Waals surface area (Å²) in [7, 11) is 0. The Labute approximate surface area is 56.5 Å². The van der Waals surface area contributed by atoms with Gasteiger partial charge in [0.15, 0.2) is 0 Å². The van der Waals surface area contributed by atoms with Gasteiger partial charge in [-0.3, -0.25) is 0 Å². The predicted molar refractivity (Wildman–Crippen MR) is 39.2 cm³/mol. The lowest BCUT2D eigenvalue weighted by atomic mass is 10.2. The standard InChI is InChI=1S/C7H14N2/c1-3-9-5-4-8-6-7(9)2/h3,7-8H,1,4-6H2,2H3. The molecule has 0 aromatic rings. The van der Waals surface area contributed by atoms with E-state index in [1.54, 1.807) is 0 Å². The molecule has 0 aliphatic carbocycles. The maximum Gasteiger partial charge on any atom is 0.0381 e. The largest absolute Gasteiger partial charge is 0.373 e. The quantitative estimate of drug-likeness (QED) is 0.548. The Morgan fingerprint density at radius 2 is 2.56 bits per heavy atom. The van der Waals surface area contributed by atoms with E-state index in [1.807, 2.05) is 6.20 Å². The number of rotatable bonds is 1. The van der Waals surface area contributed by atoms with Crippen LogP contribution in [0.5, 0.6) is 0 Å². The molecule has 9 heavy (non-hydrogen) atoms. The maximum atomic E-state index is 3.73. The van der Waals surface area contributed by atoms with E-state index in [4.69, 9.17) is 0 Å². The highest BCUT2D eigenvalue weighted by Crippen LogP contribution is 2.00. The van der Waals surface area contributed by atoms with Gasteiger partial charge in [0, 0.05) is 25.7 Å². The third-order valence-electron chi connectivity index (χ3n) is 1.79. The normalized spacial score (nSPS) is 28.1. The van der Waals surface area contributed by atoms with Gasteiger partial charge in [-0.25, -0.2) is 0 Å². The zero-order valence-corrected chi connectivity index (χ0v) is 5.93. The summed E-state index contributed by atoms with van der Waals surface area (Å²) in [4.78, 5) is 2.26. The third-order valence-corrected chi connectivity index (χ3v) is 1.79. The van der Waals surface area contributed by atoms with Crippen LogP contribution < -0.4 is 5.32 Å². The fourth-order valence-electron chi connectivity index (χ4n) is 1.13. The van der Waals surface area contributed by atoms with Crippen molar-refractivity contribution < 1.29 is 0 Å². The van der Waals surface area contributed by atoms with E-state index >= 15 is 0 Å². The van der Waals surface area contributed by atoms with Crippen LogP contribution in [-0.2, 0) is 0 Å². The smallest absolute Gasteiger partial charge is 0.0381 e. The summed E-state index contributed by atoms with van der Waals surface area (Å²) >= 11 is 0. The van der Waals surface area contributed by atoms with Crippen molar-refractivity contribution in [2.45, 2.75) is 13.0 Å². The molecule has 1 fully saturated rings. The van der Waals surface area contributed by atoms with E-state index in [0.29, 0.717) is 6.04 Å². The second-order valence-electron chi connectivity index (χ2n) is 2.47. The molecule has 1 aliphatic rings. The molecule has 0 radical (unpaired) electrons. The Balaban J connectivity index is 2.38. The summed E-state index contributed by atoms with van der Waals surface area (Å²) in [6.45, 7) is 9.22. The number of nitrogens with one attached hydrogen (secondary N) is 1. The molecule has 1 N–H and O–H groups in total. The first-order valence-electron chi connectivity index (χ1n) is 3.43. The van der Waals surface area contributed by atoms with Crippen LogP contribution in [0.2, 0.25) is 0 Å². The van der Waals surface area contributed by atoms with Crippen LogP contribution >= 0.6 is 0 Å². The van der Waals surface area contributed by atoms with Gasteiger partial charge in [0.25, 0.3) is 0 Å². The van der Waals surface area contributed by atoms with Gasteiger partial charge in [-0.2, -0.15) is 0 Å². The highest BCUT2D eigenvalue weighted by molar-refractivity contribution is 4.82. The number of nitrogens with zero attached hydrogens (tertiary/aromatic N) is 1. The van der Waals surface area contributed by atoms with Gasteiger partial charge < -0.3 is 10.2 Å². The lowest BCUT2D eigenvalue weighted by molar-refractivity contribution is 0.245. The second-order valence-corrected chi connectivity index (χ2v) is 2.47. The van der Waals surface area contributed by atoms with Crippen molar-refractivity contribution in [2.24, 2.45) is 0 Å². The molecule has 1 heterocycles. The summed E-state index contributed by atoms with van der Waals surface area (Å²) in [5, 5.41) is 3.31. The molecule has 0 saturated carbocycles. The molecule has 1 aliphatic heterocycles. The zero-order valence-electron chi connectivity index (χ0n) is 5.93. The lowest BCUT2D eigenvalue weighted by Gasteiger charge is -2.32. The van der Waals surface area contributed by atoms with Crippen LogP contribution in [0, 0.1) is 0 Å². The van der Waals surface area contributed by atoms with Crippen LogP contribution in [0.15, 0.2) is 12.8 Å². The SMILES string of the molecule is C=CN1CCNCC1C. The van der Waals surface area contributed by atoms with Crippen LogP contribution in [0.1, 0.15) is 6.92 Å². The molecule has 1 unspecified atom stereocenters. The number of piperazine rings is 1. The van der Waals surface area contributed by atoms with Crippen LogP contribution in [0.4, 0.5) is 0 Å². The van der Waals surface area contributed by atoms with Crippen molar-refractivity contribution in [3.8, 4) is 0 Å². The molecule has 52 valence electrons. The molecule has 0 aromatic carbocycles. The average Bonchev–Trinajstić information content (AvgIpc) is 1.89. The molecule has 1 saturated heterocycles. The molecular formula is C7H14N2. The Morgan fingerprint density at radius 1 is 1.78 bits per heavy atom. The second kappa shape index (κ2) is 2.87. The van der Waals surface area contributed by atoms with Crippen molar-refractivity contribution in [1.29, 1.82) is 0 Å². The van der Waals surface area contributed by atoms with Gasteiger partial charge in [-0.15, -0.1) is 0 Å². The van der Waals surface area contributed by atoms with E-state index < -0.39 is 0 Å². The fraction of sp³-hybridized carbons (Fsp3) is 0.714. The van der Waals surface area contributed by atoms with Crippen LogP contribution in [0.25, 0.3) is 0 Å². The summed E-state index contributed by atoms with van der Waals surface area (Å²) < 4.78 is 0. The Morgan fingerprint density at radius 3 is 3.00 bits per heavy atom. The van der Waals surface area contributed by atoms with Crippen molar-refractivity contribution in [1.82, 2.24) is 10.2 Å². The van der Waals surface area contributed by atoms with Crippen molar-refractivity contribution in [3.63, 3.8) is 0 Å². The zero-order chi connectivity index (χ0) is 6.69. The van der Waals surface area contributed by atoms with E-state index in [-0.39, 0.29) is 0 Å². The van der Waals surface area contributed by atoms with Crippen LogP contribution in [-0.4, -0.2) is 30.6 Å². The number of hydrogen-bond acceptors (Lipinski definition) is 2. The van der Waals surface area contributed by atoms with Gasteiger partial charge >= 0.3 is 0 Å². The predicted octanol–water partition coefficient (Wildman–Crippen LogP) is 0.424. The van der Waals surface area contributed by atoms with E-state index in [1.165, 1.54) is 0 Å². The van der Waals surface area contributed by atoms with E-state index in [0.717, 1.165) is 19.6 Å². The topological polar surface area (TPSA) is 15.3 Å². The molecular weight excluding hydrogens is 112 g/mol. The molecule has 0 aromatic heterocycles. The van der Waals surface area contributed by atoms with Crippen LogP contribution in [0.3, 0.4) is 0 Å². The van der Waals surface area contributed by atoms with E-state index in [9.17, 15) is 0 Å². The van der Waals surface area contributed by atoms with Crippen molar-refractivity contribution >= 4 is 0 Å². The highest BCUT2D eigenvalue weighted by Gasteiger charge is 2.12. The van der Waals surface area contributed by atoms with Gasteiger partial charge in [0.05, 0.1) is 0 Å². The average molecular weight is 126 g/mol. The van der Waals surface area contributed by atoms with Gasteiger partial charge in [0.1, 0.15) is 0 Å². The Kier molecular flexibility index (Phi) is 2.11. The molecule has 0 amide bonds. The molecule has 1 atom stereocenters. The first-order valence-corrected chi connectivity index (χ1v) is 3.43. The summed E-state index contributed by atoms with van der Waals surface area (Å²) in [6.07, 6.45) is 1.92. The fourth-order valence-corrected chi connectivity index (χ4v) is 1.13. The molecule has 0 spiro atoms. The Hall–Kier alpha value is -0.500. The summed E-state index contributed by atoms with van der Waals surface area (Å²) in [5.41, 5.74) is 0. The molecule has 0 bridgehead atoms. The molecule has 1 rings (SSSR count). The Bertz CT molecular complexity index is 101. The third kappa shape index (κ3) is 1.45. The maximum absolute atomic E-state index is 3.73. The first-order chi connectivity index (χ1) is 4.34. The van der Waals surface area contributed by atoms with Gasteiger partial charge in [0.2, 0.25) is 0 Å². The van der Waals surface area contributed by atoms with Crippen molar-refractivity contribution in [3.05, 3.63) is 12.8 Å². The molecule has 2 heteroatoms. The first kappa shape index (κ1) is 6.62. The lowest BCUT2D eigenvalue weighted by Crippen LogP contribution is -2.46. The summed E-state index contributed by atoms with van der Waals surface area (Å²) in [6, 6.07) is 0.622. The minimum absolute atomic E-state index is 0.622. The summed E-state index contributed by atoms with van der Waals surface area (Å²) in [5.74, 6) is 0. The monoisotopic (exact) mass is 126 g/mol. The minimum Gasteiger partial charge on any atom is -0.373 e. The van der Waals surface area contributed by atoms with Gasteiger partial charge in [-0.05, 0) is 13.1 Å². The minimum atomic E-state index is 0.622. The van der Waals surface area contributed by atoms with Crippen molar-refractivity contribution in [2.75, 3.05) is 19.6 Å². The highest BCUT2D eigenvalue weighted by atomic mass is 15.2. The van der Waals surface area contributed by atoms with E-state index in [2.05, 4.69) is 23.7 Å².